The first kappa shape index (κ1) is 24.8. The number of ether oxygens (including phenoxy) is 1. The number of aliphatic imine (C=N–C) groups is 1. The summed E-state index contributed by atoms with van der Waals surface area (Å²) in [5, 5.41) is 2.81. The van der Waals surface area contributed by atoms with Gasteiger partial charge in [-0.15, -0.1) is 0 Å². The summed E-state index contributed by atoms with van der Waals surface area (Å²) in [5.41, 5.74) is 6.91. The van der Waals surface area contributed by atoms with Crippen LogP contribution in [0.1, 0.15) is 34.7 Å². The van der Waals surface area contributed by atoms with Gasteiger partial charge >= 0.3 is 0 Å². The maximum Gasteiger partial charge on any atom is 0.271 e. The molecule has 1 aliphatic heterocycles. The van der Waals surface area contributed by atoms with Gasteiger partial charge in [-0.2, -0.15) is 0 Å². The van der Waals surface area contributed by atoms with Gasteiger partial charge in [0.1, 0.15) is 5.75 Å². The zero-order valence-corrected chi connectivity index (χ0v) is 22.6. The van der Waals surface area contributed by atoms with Gasteiger partial charge in [0.2, 0.25) is 0 Å². The monoisotopic (exact) mass is 506 g/mol. The minimum Gasteiger partial charge on any atom is -0.493 e. The van der Waals surface area contributed by atoms with E-state index >= 15 is 0 Å². The van der Waals surface area contributed by atoms with Gasteiger partial charge in [-0.1, -0.05) is 66.7 Å². The van der Waals surface area contributed by atoms with E-state index in [9.17, 15) is 4.79 Å². The smallest absolute Gasteiger partial charge is 0.271 e. The van der Waals surface area contributed by atoms with Crippen LogP contribution in [0, 0.1) is 27.7 Å². The van der Waals surface area contributed by atoms with Crippen molar-refractivity contribution >= 4 is 51.1 Å². The predicted molar refractivity (Wildman–Crippen MR) is 157 cm³/mol. The first-order chi connectivity index (χ1) is 17.9. The van der Waals surface area contributed by atoms with Crippen LogP contribution in [-0.4, -0.2) is 17.7 Å². The summed E-state index contributed by atoms with van der Waals surface area (Å²) in [6.45, 7) is 10.7. The summed E-state index contributed by atoms with van der Waals surface area (Å²) >= 11 is 1.41. The van der Waals surface area contributed by atoms with Gasteiger partial charge in [0.15, 0.2) is 5.17 Å². The first-order valence-electron chi connectivity index (χ1n) is 12.5. The fraction of sp³-hybridized carbons (Fsp3) is 0.188. The topological polar surface area (TPSA) is 41.9 Å². The number of para-hydroxylation sites is 2. The molecule has 37 heavy (non-hydrogen) atoms. The Morgan fingerprint density at radius 2 is 1.49 bits per heavy atom. The summed E-state index contributed by atoms with van der Waals surface area (Å²) in [6.07, 6.45) is 1.97. The van der Waals surface area contributed by atoms with E-state index in [1.807, 2.05) is 69.3 Å². The van der Waals surface area contributed by atoms with Crippen LogP contribution < -0.4 is 9.64 Å². The number of rotatable bonds is 5. The highest BCUT2D eigenvalue weighted by atomic mass is 32.2. The summed E-state index contributed by atoms with van der Waals surface area (Å²) in [4.78, 5) is 21.6. The largest absolute Gasteiger partial charge is 0.493 e. The summed E-state index contributed by atoms with van der Waals surface area (Å²) in [5.74, 6) is 0.684. The van der Waals surface area contributed by atoms with E-state index in [1.54, 1.807) is 4.90 Å². The molecule has 4 aromatic rings. The molecule has 0 N–H and O–H groups in total. The third kappa shape index (κ3) is 4.67. The summed E-state index contributed by atoms with van der Waals surface area (Å²) in [6, 6.07) is 24.5. The molecule has 5 heteroatoms. The molecular formula is C32H30N2O2S. The Morgan fingerprint density at radius 3 is 2.16 bits per heavy atom. The standard InChI is InChI=1S/C32H30N2O2S/c1-6-36-27-18-17-24-15-7-8-16-25(24)26(27)19-28-31(35)34(30-22(4)13-10-14-23(30)5)32(37-28)33-29-20(2)11-9-12-21(29)3/h7-19H,6H2,1-5H3. The minimum absolute atomic E-state index is 0.0808. The predicted octanol–water partition coefficient (Wildman–Crippen LogP) is 8.28. The van der Waals surface area contributed by atoms with E-state index in [-0.39, 0.29) is 5.91 Å². The number of hydrogen-bond donors (Lipinski definition) is 0. The molecule has 0 bridgehead atoms. The van der Waals surface area contributed by atoms with Crippen LogP contribution in [0.15, 0.2) is 82.7 Å². The Morgan fingerprint density at radius 1 is 0.838 bits per heavy atom. The lowest BCUT2D eigenvalue weighted by molar-refractivity contribution is -0.113. The lowest BCUT2D eigenvalue weighted by Crippen LogP contribution is -2.30. The molecule has 4 nitrogen and oxygen atoms in total. The Bertz CT molecular complexity index is 1550. The molecular weight excluding hydrogens is 476 g/mol. The Labute approximate surface area is 222 Å². The van der Waals surface area contributed by atoms with E-state index < -0.39 is 0 Å². The fourth-order valence-electron chi connectivity index (χ4n) is 4.82. The van der Waals surface area contributed by atoms with Crippen LogP contribution in [-0.2, 0) is 4.79 Å². The number of nitrogens with zero attached hydrogens (tertiary/aromatic N) is 2. The van der Waals surface area contributed by atoms with Gasteiger partial charge in [0, 0.05) is 5.56 Å². The Kier molecular flexibility index (Phi) is 6.90. The number of amidine groups is 1. The van der Waals surface area contributed by atoms with Gasteiger partial charge in [0.25, 0.3) is 5.91 Å². The van der Waals surface area contributed by atoms with E-state index in [1.165, 1.54) is 11.8 Å². The number of aryl methyl sites for hydroxylation is 4. The SMILES string of the molecule is CCOc1ccc2ccccc2c1C=C1SC(=Nc2c(C)cccc2C)N(c2c(C)cccc2C)C1=O. The molecule has 186 valence electrons. The fourth-order valence-corrected chi connectivity index (χ4v) is 5.77. The van der Waals surface area contributed by atoms with Crippen molar-refractivity contribution in [2.45, 2.75) is 34.6 Å². The average Bonchev–Trinajstić information content (AvgIpc) is 3.17. The van der Waals surface area contributed by atoms with Crippen LogP contribution in [0.2, 0.25) is 0 Å². The highest BCUT2D eigenvalue weighted by Gasteiger charge is 2.36. The van der Waals surface area contributed by atoms with Crippen molar-refractivity contribution in [1.29, 1.82) is 0 Å². The number of anilines is 1. The molecule has 0 saturated carbocycles. The van der Waals surface area contributed by atoms with Gasteiger partial charge in [-0.25, -0.2) is 4.99 Å². The minimum atomic E-state index is -0.0808. The van der Waals surface area contributed by atoms with Gasteiger partial charge in [-0.05, 0) is 91.5 Å². The van der Waals surface area contributed by atoms with Crippen LogP contribution in [0.4, 0.5) is 11.4 Å². The van der Waals surface area contributed by atoms with Gasteiger partial charge in [0.05, 0.1) is 22.9 Å². The third-order valence-corrected chi connectivity index (χ3v) is 7.59. The number of hydrogen-bond acceptors (Lipinski definition) is 4. The van der Waals surface area contributed by atoms with Gasteiger partial charge in [-0.3, -0.25) is 9.69 Å². The lowest BCUT2D eigenvalue weighted by Gasteiger charge is -2.21. The molecule has 0 radical (unpaired) electrons. The zero-order chi connectivity index (χ0) is 26.1. The van der Waals surface area contributed by atoms with Crippen molar-refractivity contribution in [2.24, 2.45) is 4.99 Å². The molecule has 1 saturated heterocycles. The van der Waals surface area contributed by atoms with Gasteiger partial charge < -0.3 is 4.74 Å². The highest BCUT2D eigenvalue weighted by molar-refractivity contribution is 8.19. The molecule has 0 unspecified atom stereocenters. The number of carbonyl (C=O) groups is 1. The maximum atomic E-state index is 14.1. The van der Waals surface area contributed by atoms with Crippen molar-refractivity contribution < 1.29 is 9.53 Å². The number of carbonyl (C=O) groups excluding carboxylic acids is 1. The molecule has 1 amide bonds. The van der Waals surface area contributed by atoms with E-state index in [0.29, 0.717) is 16.7 Å². The summed E-state index contributed by atoms with van der Waals surface area (Å²) in [7, 11) is 0. The maximum absolute atomic E-state index is 14.1. The quantitative estimate of drug-likeness (QED) is 0.256. The van der Waals surface area contributed by atoms with Crippen LogP contribution in [0.3, 0.4) is 0 Å². The summed E-state index contributed by atoms with van der Waals surface area (Å²) < 4.78 is 5.99. The molecule has 1 heterocycles. The van der Waals surface area contributed by atoms with Crippen molar-refractivity contribution in [1.82, 2.24) is 0 Å². The number of benzene rings is 4. The number of thioether (sulfide) groups is 1. The second-order valence-electron chi connectivity index (χ2n) is 9.26. The number of amides is 1. The van der Waals surface area contributed by atoms with Crippen LogP contribution >= 0.6 is 11.8 Å². The van der Waals surface area contributed by atoms with Crippen molar-refractivity contribution in [3.8, 4) is 5.75 Å². The Balaban J connectivity index is 1.72. The van der Waals surface area contributed by atoms with Crippen LogP contribution in [0.5, 0.6) is 5.75 Å². The lowest BCUT2D eigenvalue weighted by atomic mass is 10.0. The van der Waals surface area contributed by atoms with Crippen molar-refractivity contribution in [3.05, 3.63) is 106 Å². The third-order valence-electron chi connectivity index (χ3n) is 6.62. The molecule has 0 spiro atoms. The van der Waals surface area contributed by atoms with E-state index in [4.69, 9.17) is 9.73 Å². The molecule has 4 aromatic carbocycles. The molecule has 0 aliphatic carbocycles. The van der Waals surface area contributed by atoms with Crippen molar-refractivity contribution in [3.63, 3.8) is 0 Å². The number of fused-ring (bicyclic) bond motifs is 1. The first-order valence-corrected chi connectivity index (χ1v) is 13.3. The van der Waals surface area contributed by atoms with E-state index in [0.717, 1.165) is 55.7 Å². The second-order valence-corrected chi connectivity index (χ2v) is 10.3. The second kappa shape index (κ2) is 10.3. The average molecular weight is 507 g/mol. The van der Waals surface area contributed by atoms with E-state index in [2.05, 4.69) is 44.2 Å². The molecule has 0 aromatic heterocycles. The van der Waals surface area contributed by atoms with Crippen LogP contribution in [0.25, 0.3) is 16.8 Å². The molecule has 1 aliphatic rings. The van der Waals surface area contributed by atoms with Crippen molar-refractivity contribution in [2.75, 3.05) is 11.5 Å². The zero-order valence-electron chi connectivity index (χ0n) is 21.8. The highest BCUT2D eigenvalue weighted by Crippen LogP contribution is 2.42. The molecule has 1 fully saturated rings. The molecule has 5 rings (SSSR count). The normalized spacial score (nSPS) is 15.8. The Hall–Kier alpha value is -3.83. The molecule has 0 atom stereocenters.